The molecule has 0 aliphatic heterocycles. The first-order valence-electron chi connectivity index (χ1n) is 5.01. The lowest BCUT2D eigenvalue weighted by atomic mass is 10.2. The summed E-state index contributed by atoms with van der Waals surface area (Å²) in [4.78, 5) is 15.4. The van der Waals surface area contributed by atoms with E-state index in [1.54, 1.807) is 17.5 Å². The fourth-order valence-electron chi connectivity index (χ4n) is 1.73. The minimum atomic E-state index is -0.0333. The zero-order valence-electron chi connectivity index (χ0n) is 8.44. The van der Waals surface area contributed by atoms with E-state index in [0.29, 0.717) is 0 Å². The molecule has 78 valence electrons. The van der Waals surface area contributed by atoms with E-state index in [9.17, 15) is 4.79 Å². The molecule has 0 saturated heterocycles. The molecular formula is C13H9NOS. The lowest BCUT2D eigenvalue weighted by Gasteiger charge is -1.92. The number of pyridine rings is 1. The number of benzene rings is 1. The minimum absolute atomic E-state index is 0.0333. The molecule has 0 fully saturated rings. The summed E-state index contributed by atoms with van der Waals surface area (Å²) in [5.41, 5.74) is 0.706. The molecule has 2 nitrogen and oxygen atoms in total. The number of fused-ring (bicyclic) bond motifs is 1. The molecule has 0 bridgehead atoms. The summed E-state index contributed by atoms with van der Waals surface area (Å²) in [6.07, 6.45) is 1.65. The average molecular weight is 227 g/mol. The fourth-order valence-corrected chi connectivity index (χ4v) is 2.82. The van der Waals surface area contributed by atoms with E-state index >= 15 is 0 Å². The molecule has 2 aromatic heterocycles. The SMILES string of the molecule is O=c1[nH]cccc1-c1cc2ccccc2s1. The Morgan fingerprint density at radius 3 is 2.75 bits per heavy atom. The first-order valence-corrected chi connectivity index (χ1v) is 5.83. The van der Waals surface area contributed by atoms with E-state index in [1.165, 1.54) is 10.1 Å². The van der Waals surface area contributed by atoms with Crippen LogP contribution in [0.3, 0.4) is 0 Å². The molecular weight excluding hydrogens is 218 g/mol. The summed E-state index contributed by atoms with van der Waals surface area (Å²) in [6.45, 7) is 0. The topological polar surface area (TPSA) is 32.9 Å². The van der Waals surface area contributed by atoms with Crippen LogP contribution >= 0.6 is 11.3 Å². The van der Waals surface area contributed by atoms with Gasteiger partial charge in [-0.05, 0) is 29.7 Å². The Balaban J connectivity index is 2.27. The Bertz CT molecular complexity index is 663. The van der Waals surface area contributed by atoms with Crippen LogP contribution in [-0.4, -0.2) is 4.98 Å². The highest BCUT2D eigenvalue weighted by atomic mass is 32.1. The average Bonchev–Trinajstić information content (AvgIpc) is 2.73. The lowest BCUT2D eigenvalue weighted by molar-refractivity contribution is 1.25. The van der Waals surface area contributed by atoms with Crippen LogP contribution in [0.15, 0.2) is 53.5 Å². The van der Waals surface area contributed by atoms with Gasteiger partial charge in [0.1, 0.15) is 0 Å². The largest absolute Gasteiger partial charge is 0.329 e. The first kappa shape index (κ1) is 9.36. The number of nitrogens with one attached hydrogen (secondary N) is 1. The zero-order chi connectivity index (χ0) is 11.0. The summed E-state index contributed by atoms with van der Waals surface area (Å²) in [6, 6.07) is 13.9. The predicted molar refractivity (Wildman–Crippen MR) is 67.9 cm³/mol. The highest BCUT2D eigenvalue weighted by Gasteiger charge is 2.06. The molecule has 0 atom stereocenters. The van der Waals surface area contributed by atoms with Crippen LogP contribution < -0.4 is 5.56 Å². The van der Waals surface area contributed by atoms with Crippen molar-refractivity contribution in [2.45, 2.75) is 0 Å². The number of H-pyrrole nitrogens is 1. The van der Waals surface area contributed by atoms with Crippen molar-refractivity contribution in [1.82, 2.24) is 4.98 Å². The molecule has 3 heteroatoms. The third kappa shape index (κ3) is 1.46. The molecule has 0 spiro atoms. The van der Waals surface area contributed by atoms with Crippen molar-refractivity contribution in [1.29, 1.82) is 0 Å². The summed E-state index contributed by atoms with van der Waals surface area (Å²) in [7, 11) is 0. The zero-order valence-corrected chi connectivity index (χ0v) is 9.25. The van der Waals surface area contributed by atoms with Gasteiger partial charge in [0, 0.05) is 15.8 Å². The van der Waals surface area contributed by atoms with Gasteiger partial charge in [-0.2, -0.15) is 0 Å². The van der Waals surface area contributed by atoms with E-state index < -0.39 is 0 Å². The van der Waals surface area contributed by atoms with Crippen molar-refractivity contribution < 1.29 is 0 Å². The summed E-state index contributed by atoms with van der Waals surface area (Å²) < 4.78 is 1.21. The van der Waals surface area contributed by atoms with Crippen LogP contribution in [0, 0.1) is 0 Å². The van der Waals surface area contributed by atoms with Crippen LogP contribution in [0.1, 0.15) is 0 Å². The van der Waals surface area contributed by atoms with E-state index in [2.05, 4.69) is 23.2 Å². The molecule has 16 heavy (non-hydrogen) atoms. The van der Waals surface area contributed by atoms with Crippen LogP contribution in [0.2, 0.25) is 0 Å². The van der Waals surface area contributed by atoms with Crippen molar-refractivity contribution in [3.8, 4) is 10.4 Å². The third-order valence-electron chi connectivity index (χ3n) is 2.51. The molecule has 0 aliphatic rings. The summed E-state index contributed by atoms with van der Waals surface area (Å²) >= 11 is 1.64. The van der Waals surface area contributed by atoms with Gasteiger partial charge in [0.05, 0.1) is 5.56 Å². The second-order valence-corrected chi connectivity index (χ2v) is 4.65. The highest BCUT2D eigenvalue weighted by Crippen LogP contribution is 2.31. The van der Waals surface area contributed by atoms with E-state index in [4.69, 9.17) is 0 Å². The second-order valence-electron chi connectivity index (χ2n) is 3.56. The second kappa shape index (κ2) is 3.61. The molecule has 0 radical (unpaired) electrons. The van der Waals surface area contributed by atoms with Gasteiger partial charge in [-0.15, -0.1) is 11.3 Å². The molecule has 3 rings (SSSR count). The highest BCUT2D eigenvalue weighted by molar-refractivity contribution is 7.22. The van der Waals surface area contributed by atoms with Crippen molar-refractivity contribution in [3.63, 3.8) is 0 Å². The molecule has 0 saturated carbocycles. The van der Waals surface area contributed by atoms with Crippen LogP contribution in [0.4, 0.5) is 0 Å². The molecule has 1 N–H and O–H groups in total. The lowest BCUT2D eigenvalue weighted by Crippen LogP contribution is -2.05. The minimum Gasteiger partial charge on any atom is -0.329 e. The van der Waals surface area contributed by atoms with Crippen molar-refractivity contribution in [2.75, 3.05) is 0 Å². The van der Waals surface area contributed by atoms with Crippen molar-refractivity contribution in [2.24, 2.45) is 0 Å². The van der Waals surface area contributed by atoms with E-state index in [-0.39, 0.29) is 5.56 Å². The molecule has 1 aromatic carbocycles. The van der Waals surface area contributed by atoms with Crippen LogP contribution in [0.25, 0.3) is 20.5 Å². The molecule has 2 heterocycles. The number of thiophene rings is 1. The standard InChI is InChI=1S/C13H9NOS/c15-13-10(5-3-7-14-13)12-8-9-4-1-2-6-11(9)16-12/h1-8H,(H,14,15). The Morgan fingerprint density at radius 1 is 1.06 bits per heavy atom. The third-order valence-corrected chi connectivity index (χ3v) is 3.66. The molecule has 0 aliphatic carbocycles. The monoisotopic (exact) mass is 227 g/mol. The Kier molecular flexibility index (Phi) is 2.11. The van der Waals surface area contributed by atoms with E-state index in [1.807, 2.05) is 24.3 Å². The van der Waals surface area contributed by atoms with Gasteiger partial charge in [-0.3, -0.25) is 4.79 Å². The Hall–Kier alpha value is -1.87. The van der Waals surface area contributed by atoms with Gasteiger partial charge < -0.3 is 4.98 Å². The smallest absolute Gasteiger partial charge is 0.256 e. The Morgan fingerprint density at radius 2 is 1.94 bits per heavy atom. The number of hydrogen-bond donors (Lipinski definition) is 1. The van der Waals surface area contributed by atoms with Gasteiger partial charge in [0.25, 0.3) is 5.56 Å². The molecule has 0 unspecified atom stereocenters. The number of hydrogen-bond acceptors (Lipinski definition) is 2. The van der Waals surface area contributed by atoms with Crippen molar-refractivity contribution >= 4 is 21.4 Å². The van der Waals surface area contributed by atoms with Gasteiger partial charge in [0.2, 0.25) is 0 Å². The number of rotatable bonds is 1. The van der Waals surface area contributed by atoms with Gasteiger partial charge >= 0.3 is 0 Å². The van der Waals surface area contributed by atoms with Gasteiger partial charge in [0.15, 0.2) is 0 Å². The predicted octanol–water partition coefficient (Wildman–Crippen LogP) is 3.26. The number of aromatic amines is 1. The fraction of sp³-hybridized carbons (Fsp3) is 0. The van der Waals surface area contributed by atoms with Crippen molar-refractivity contribution in [3.05, 3.63) is 59.0 Å². The van der Waals surface area contributed by atoms with E-state index in [0.717, 1.165) is 10.4 Å². The quantitative estimate of drug-likeness (QED) is 0.680. The maximum atomic E-state index is 11.6. The van der Waals surface area contributed by atoms with Gasteiger partial charge in [-0.25, -0.2) is 0 Å². The summed E-state index contributed by atoms with van der Waals surface area (Å²) in [5, 5.41) is 1.19. The van der Waals surface area contributed by atoms with Crippen LogP contribution in [0.5, 0.6) is 0 Å². The normalized spacial score (nSPS) is 10.8. The maximum absolute atomic E-state index is 11.6. The van der Waals surface area contributed by atoms with Gasteiger partial charge in [-0.1, -0.05) is 18.2 Å². The Labute approximate surface area is 96.2 Å². The maximum Gasteiger partial charge on any atom is 0.256 e. The van der Waals surface area contributed by atoms with Crippen LogP contribution in [-0.2, 0) is 0 Å². The summed E-state index contributed by atoms with van der Waals surface area (Å²) in [5.74, 6) is 0. The number of aromatic nitrogens is 1. The molecule has 0 amide bonds. The first-order chi connectivity index (χ1) is 7.84. The molecule has 3 aromatic rings.